The van der Waals surface area contributed by atoms with E-state index in [1.165, 1.54) is 11.1 Å². The Kier molecular flexibility index (Phi) is 3.56. The van der Waals surface area contributed by atoms with E-state index in [1.54, 1.807) is 12.4 Å². The Morgan fingerprint density at radius 3 is 2.22 bits per heavy atom. The first-order valence-corrected chi connectivity index (χ1v) is 6.06. The summed E-state index contributed by atoms with van der Waals surface area (Å²) in [6.45, 7) is 6.05. The van der Waals surface area contributed by atoms with Crippen molar-refractivity contribution in [3.8, 4) is 0 Å². The van der Waals surface area contributed by atoms with Crippen molar-refractivity contribution in [2.24, 2.45) is 0 Å². The summed E-state index contributed by atoms with van der Waals surface area (Å²) in [7, 11) is 0. The molecule has 0 spiro atoms. The summed E-state index contributed by atoms with van der Waals surface area (Å²) in [5.41, 5.74) is 5.16. The molecular formula is C16H17NO. The Labute approximate surface area is 108 Å². The number of aromatic nitrogens is 1. The van der Waals surface area contributed by atoms with Gasteiger partial charge in [0.05, 0.1) is 0 Å². The number of hydrogen-bond donors (Lipinski definition) is 0. The fourth-order valence-electron chi connectivity index (χ4n) is 2.17. The largest absolute Gasteiger partial charge is 0.294 e. The molecule has 0 saturated carbocycles. The van der Waals surface area contributed by atoms with E-state index in [4.69, 9.17) is 0 Å². The number of Topliss-reactive ketones (excluding diaryl/α,β-unsaturated/α-hetero) is 1. The number of aryl methyl sites for hydroxylation is 3. The molecule has 0 amide bonds. The van der Waals surface area contributed by atoms with Gasteiger partial charge in [0.15, 0.2) is 5.78 Å². The molecule has 0 saturated heterocycles. The number of hydrogen-bond acceptors (Lipinski definition) is 2. The van der Waals surface area contributed by atoms with Gasteiger partial charge in [0.25, 0.3) is 0 Å². The second kappa shape index (κ2) is 5.13. The van der Waals surface area contributed by atoms with Crippen LogP contribution in [-0.4, -0.2) is 10.8 Å². The fraction of sp³-hybridized carbons (Fsp3) is 0.250. The van der Waals surface area contributed by atoms with E-state index in [-0.39, 0.29) is 5.78 Å². The molecule has 2 rings (SSSR count). The number of rotatable bonds is 3. The lowest BCUT2D eigenvalue weighted by atomic mass is 10.00. The van der Waals surface area contributed by atoms with Crippen LogP contribution in [0.2, 0.25) is 0 Å². The molecule has 0 unspecified atom stereocenters. The first kappa shape index (κ1) is 12.5. The zero-order valence-corrected chi connectivity index (χ0v) is 11.0. The van der Waals surface area contributed by atoms with Crippen LogP contribution in [-0.2, 0) is 6.42 Å². The predicted octanol–water partition coefficient (Wildman–Crippen LogP) is 3.43. The van der Waals surface area contributed by atoms with Gasteiger partial charge in [-0.05, 0) is 38.0 Å². The molecule has 92 valence electrons. The zero-order chi connectivity index (χ0) is 13.1. The van der Waals surface area contributed by atoms with E-state index < -0.39 is 0 Å². The molecule has 18 heavy (non-hydrogen) atoms. The average molecular weight is 239 g/mol. The van der Waals surface area contributed by atoms with Crippen LogP contribution < -0.4 is 0 Å². The van der Waals surface area contributed by atoms with Gasteiger partial charge in [0, 0.05) is 24.4 Å². The third-order valence-electron chi connectivity index (χ3n) is 2.84. The smallest absolute Gasteiger partial charge is 0.168 e. The van der Waals surface area contributed by atoms with Crippen molar-refractivity contribution in [1.82, 2.24) is 4.98 Å². The number of carbonyl (C=O) groups is 1. The SMILES string of the molecule is Cc1cc(C)cc(CC(=O)c2cncc(C)c2)c1. The van der Waals surface area contributed by atoms with E-state index in [1.807, 2.05) is 13.0 Å². The fourth-order valence-corrected chi connectivity index (χ4v) is 2.17. The van der Waals surface area contributed by atoms with Crippen LogP contribution in [0, 0.1) is 20.8 Å². The van der Waals surface area contributed by atoms with Crippen LogP contribution in [0.3, 0.4) is 0 Å². The maximum Gasteiger partial charge on any atom is 0.168 e. The molecule has 1 heterocycles. The molecule has 0 fully saturated rings. The first-order valence-electron chi connectivity index (χ1n) is 6.06. The van der Waals surface area contributed by atoms with Gasteiger partial charge in [-0.1, -0.05) is 29.3 Å². The Morgan fingerprint density at radius 1 is 0.944 bits per heavy atom. The van der Waals surface area contributed by atoms with Crippen molar-refractivity contribution < 1.29 is 4.79 Å². The molecule has 0 radical (unpaired) electrons. The number of ketones is 1. The minimum atomic E-state index is 0.121. The number of carbonyl (C=O) groups excluding carboxylic acids is 1. The first-order chi connectivity index (χ1) is 8.54. The Hall–Kier alpha value is -1.96. The molecule has 2 aromatic rings. The molecule has 1 aromatic heterocycles. The molecule has 0 bridgehead atoms. The molecule has 1 aromatic carbocycles. The number of pyridine rings is 1. The molecular weight excluding hydrogens is 222 g/mol. The zero-order valence-electron chi connectivity index (χ0n) is 11.0. The second-order valence-electron chi connectivity index (χ2n) is 4.85. The second-order valence-corrected chi connectivity index (χ2v) is 4.85. The average Bonchev–Trinajstić information content (AvgIpc) is 2.27. The van der Waals surface area contributed by atoms with Crippen molar-refractivity contribution in [3.05, 3.63) is 64.5 Å². The van der Waals surface area contributed by atoms with Crippen LogP contribution in [0.1, 0.15) is 32.6 Å². The molecule has 2 heteroatoms. The lowest BCUT2D eigenvalue weighted by Crippen LogP contribution is -2.05. The van der Waals surface area contributed by atoms with E-state index >= 15 is 0 Å². The molecule has 0 N–H and O–H groups in total. The third-order valence-corrected chi connectivity index (χ3v) is 2.84. The maximum atomic E-state index is 12.1. The normalized spacial score (nSPS) is 10.4. The topological polar surface area (TPSA) is 30.0 Å². The van der Waals surface area contributed by atoms with E-state index in [9.17, 15) is 4.79 Å². The van der Waals surface area contributed by atoms with Crippen LogP contribution in [0.5, 0.6) is 0 Å². The minimum absolute atomic E-state index is 0.121. The van der Waals surface area contributed by atoms with Gasteiger partial charge in [-0.15, -0.1) is 0 Å². The van der Waals surface area contributed by atoms with Crippen LogP contribution in [0.25, 0.3) is 0 Å². The van der Waals surface area contributed by atoms with E-state index in [2.05, 4.69) is 37.0 Å². The van der Waals surface area contributed by atoms with E-state index in [0.29, 0.717) is 12.0 Å². The summed E-state index contributed by atoms with van der Waals surface area (Å²) in [5.74, 6) is 0.121. The molecule has 0 aliphatic rings. The molecule has 0 aliphatic heterocycles. The van der Waals surface area contributed by atoms with Gasteiger partial charge in [0.1, 0.15) is 0 Å². The standard InChI is InChI=1S/C16H17NO/c1-11-4-12(2)6-14(5-11)8-16(18)15-7-13(3)9-17-10-15/h4-7,9-10H,8H2,1-3H3. The highest BCUT2D eigenvalue weighted by Crippen LogP contribution is 2.12. The summed E-state index contributed by atoms with van der Waals surface area (Å²) in [4.78, 5) is 16.2. The van der Waals surface area contributed by atoms with Crippen LogP contribution in [0.4, 0.5) is 0 Å². The molecule has 2 nitrogen and oxygen atoms in total. The third kappa shape index (κ3) is 3.04. The summed E-state index contributed by atoms with van der Waals surface area (Å²) >= 11 is 0. The highest BCUT2D eigenvalue weighted by atomic mass is 16.1. The van der Waals surface area contributed by atoms with Crippen molar-refractivity contribution in [2.75, 3.05) is 0 Å². The summed E-state index contributed by atoms with van der Waals surface area (Å²) in [6.07, 6.45) is 3.83. The lowest BCUT2D eigenvalue weighted by Gasteiger charge is -2.05. The monoisotopic (exact) mass is 239 g/mol. The molecule has 0 atom stereocenters. The van der Waals surface area contributed by atoms with Gasteiger partial charge in [-0.3, -0.25) is 9.78 Å². The van der Waals surface area contributed by atoms with Gasteiger partial charge in [-0.2, -0.15) is 0 Å². The van der Waals surface area contributed by atoms with Gasteiger partial charge >= 0.3 is 0 Å². The highest BCUT2D eigenvalue weighted by molar-refractivity contribution is 5.97. The van der Waals surface area contributed by atoms with Crippen molar-refractivity contribution in [3.63, 3.8) is 0 Å². The summed E-state index contributed by atoms with van der Waals surface area (Å²) in [6, 6.07) is 8.13. The van der Waals surface area contributed by atoms with Crippen molar-refractivity contribution in [2.45, 2.75) is 27.2 Å². The highest BCUT2D eigenvalue weighted by Gasteiger charge is 2.08. The lowest BCUT2D eigenvalue weighted by molar-refractivity contribution is 0.0992. The van der Waals surface area contributed by atoms with E-state index in [0.717, 1.165) is 11.1 Å². The van der Waals surface area contributed by atoms with Crippen molar-refractivity contribution >= 4 is 5.78 Å². The Morgan fingerprint density at radius 2 is 1.61 bits per heavy atom. The summed E-state index contributed by atoms with van der Waals surface area (Å²) < 4.78 is 0. The van der Waals surface area contributed by atoms with Gasteiger partial charge < -0.3 is 0 Å². The van der Waals surface area contributed by atoms with Crippen LogP contribution >= 0.6 is 0 Å². The van der Waals surface area contributed by atoms with Crippen LogP contribution in [0.15, 0.2) is 36.7 Å². The van der Waals surface area contributed by atoms with Crippen molar-refractivity contribution in [1.29, 1.82) is 0 Å². The number of nitrogens with zero attached hydrogens (tertiary/aromatic N) is 1. The minimum Gasteiger partial charge on any atom is -0.294 e. The van der Waals surface area contributed by atoms with Gasteiger partial charge in [-0.25, -0.2) is 0 Å². The van der Waals surface area contributed by atoms with Gasteiger partial charge in [0.2, 0.25) is 0 Å². The summed E-state index contributed by atoms with van der Waals surface area (Å²) in [5, 5.41) is 0. The Balaban J connectivity index is 2.21. The quantitative estimate of drug-likeness (QED) is 0.768. The number of benzene rings is 1. The Bertz CT molecular complexity index is 567. The maximum absolute atomic E-state index is 12.1. The molecule has 0 aliphatic carbocycles. The predicted molar refractivity (Wildman–Crippen MR) is 72.9 cm³/mol.